The van der Waals surface area contributed by atoms with Crippen LogP contribution in [0.15, 0.2) is 18.2 Å². The predicted molar refractivity (Wildman–Crippen MR) is 62.9 cm³/mol. The molecule has 0 atom stereocenters. The van der Waals surface area contributed by atoms with E-state index in [1.807, 2.05) is 10.6 Å². The molecule has 0 saturated heterocycles. The molecule has 4 heteroatoms. The fraction of sp³-hybridized carbons (Fsp3) is 0.167. The van der Waals surface area contributed by atoms with Crippen molar-refractivity contribution in [3.8, 4) is 18.4 Å². The van der Waals surface area contributed by atoms with Crippen molar-refractivity contribution in [2.24, 2.45) is 0 Å². The lowest BCUT2D eigenvalue weighted by Crippen LogP contribution is -2.01. The number of rotatable bonds is 2. The van der Waals surface area contributed by atoms with Gasteiger partial charge in [-0.15, -0.1) is 6.42 Å². The first-order valence-corrected chi connectivity index (χ1v) is 5.09. The molecule has 2 aromatic rings. The molecule has 0 saturated carbocycles. The first-order chi connectivity index (χ1) is 7.76. The van der Waals surface area contributed by atoms with Gasteiger partial charge in [0, 0.05) is 5.02 Å². The van der Waals surface area contributed by atoms with Gasteiger partial charge >= 0.3 is 0 Å². The summed E-state index contributed by atoms with van der Waals surface area (Å²) in [5.74, 6) is 3.23. The Bertz CT molecular complexity index is 613. The Morgan fingerprint density at radius 3 is 3.00 bits per heavy atom. The Labute approximate surface area is 98.3 Å². The Kier molecular flexibility index (Phi) is 2.81. The maximum absolute atomic E-state index is 8.71. The monoisotopic (exact) mass is 229 g/mol. The molecule has 0 unspecified atom stereocenters. The summed E-state index contributed by atoms with van der Waals surface area (Å²) in [5.41, 5.74) is 1.68. The van der Waals surface area contributed by atoms with E-state index in [9.17, 15) is 0 Å². The molecule has 0 N–H and O–H groups in total. The Hall–Kier alpha value is -1.97. The van der Waals surface area contributed by atoms with Crippen LogP contribution in [0.25, 0.3) is 11.0 Å². The van der Waals surface area contributed by atoms with Crippen molar-refractivity contribution in [1.82, 2.24) is 9.55 Å². The Morgan fingerprint density at radius 1 is 1.50 bits per heavy atom. The van der Waals surface area contributed by atoms with E-state index in [4.69, 9.17) is 23.3 Å². The average molecular weight is 230 g/mol. The SMILES string of the molecule is C#CCn1c(CC#N)nc2cc(Cl)ccc21. The third kappa shape index (κ3) is 1.74. The van der Waals surface area contributed by atoms with Crippen LogP contribution in [0.1, 0.15) is 5.82 Å². The molecule has 16 heavy (non-hydrogen) atoms. The van der Waals surface area contributed by atoms with Crippen LogP contribution in [0, 0.1) is 23.7 Å². The van der Waals surface area contributed by atoms with E-state index in [-0.39, 0.29) is 6.42 Å². The third-order valence-electron chi connectivity index (χ3n) is 2.28. The molecule has 1 heterocycles. The smallest absolute Gasteiger partial charge is 0.124 e. The van der Waals surface area contributed by atoms with E-state index in [1.54, 1.807) is 12.1 Å². The number of imidazole rings is 1. The highest BCUT2D eigenvalue weighted by Crippen LogP contribution is 2.20. The van der Waals surface area contributed by atoms with Gasteiger partial charge in [-0.25, -0.2) is 4.98 Å². The van der Waals surface area contributed by atoms with Gasteiger partial charge in [0.2, 0.25) is 0 Å². The minimum atomic E-state index is 0.244. The minimum Gasteiger partial charge on any atom is -0.315 e. The van der Waals surface area contributed by atoms with E-state index in [0.717, 1.165) is 11.0 Å². The highest BCUT2D eigenvalue weighted by atomic mass is 35.5. The van der Waals surface area contributed by atoms with Gasteiger partial charge in [0.15, 0.2) is 0 Å². The quantitative estimate of drug-likeness (QED) is 0.742. The molecule has 0 aliphatic rings. The van der Waals surface area contributed by atoms with Crippen LogP contribution >= 0.6 is 11.6 Å². The fourth-order valence-corrected chi connectivity index (χ4v) is 1.79. The van der Waals surface area contributed by atoms with Gasteiger partial charge in [0.25, 0.3) is 0 Å². The minimum absolute atomic E-state index is 0.244. The lowest BCUT2D eigenvalue weighted by atomic mass is 10.3. The number of hydrogen-bond donors (Lipinski definition) is 0. The van der Waals surface area contributed by atoms with E-state index < -0.39 is 0 Å². The predicted octanol–water partition coefficient (Wildman–Crippen LogP) is 2.39. The fourth-order valence-electron chi connectivity index (χ4n) is 1.63. The second kappa shape index (κ2) is 4.26. The zero-order valence-corrected chi connectivity index (χ0v) is 9.20. The van der Waals surface area contributed by atoms with Crippen molar-refractivity contribution >= 4 is 22.6 Å². The lowest BCUT2D eigenvalue weighted by Gasteiger charge is -2.01. The largest absolute Gasteiger partial charge is 0.315 e. The van der Waals surface area contributed by atoms with E-state index >= 15 is 0 Å². The molecule has 1 aromatic carbocycles. The average Bonchev–Trinajstić information content (AvgIpc) is 2.57. The molecular formula is C12H8ClN3. The summed E-state index contributed by atoms with van der Waals surface area (Å²) in [6.07, 6.45) is 5.54. The molecule has 1 aromatic heterocycles. The van der Waals surface area contributed by atoms with Crippen LogP contribution in [0.4, 0.5) is 0 Å². The van der Waals surface area contributed by atoms with Crippen molar-refractivity contribution in [1.29, 1.82) is 5.26 Å². The number of fused-ring (bicyclic) bond motifs is 1. The molecule has 0 fully saturated rings. The van der Waals surface area contributed by atoms with Crippen LogP contribution in [0.2, 0.25) is 5.02 Å². The molecule has 0 spiro atoms. The van der Waals surface area contributed by atoms with Crippen LogP contribution < -0.4 is 0 Å². The van der Waals surface area contributed by atoms with Gasteiger partial charge in [-0.2, -0.15) is 5.26 Å². The second-order valence-corrected chi connectivity index (χ2v) is 3.72. The molecule has 78 valence electrons. The molecule has 0 aliphatic carbocycles. The van der Waals surface area contributed by atoms with Gasteiger partial charge in [-0.05, 0) is 18.2 Å². The zero-order chi connectivity index (χ0) is 11.5. The summed E-state index contributed by atoms with van der Waals surface area (Å²) in [6.45, 7) is 0.412. The summed E-state index contributed by atoms with van der Waals surface area (Å²) >= 11 is 5.88. The lowest BCUT2D eigenvalue weighted by molar-refractivity contribution is 0.803. The van der Waals surface area contributed by atoms with Gasteiger partial charge in [-0.1, -0.05) is 17.5 Å². The highest BCUT2D eigenvalue weighted by molar-refractivity contribution is 6.31. The first-order valence-electron chi connectivity index (χ1n) is 4.71. The number of halogens is 1. The van der Waals surface area contributed by atoms with E-state index in [0.29, 0.717) is 17.4 Å². The van der Waals surface area contributed by atoms with Crippen LogP contribution in [0.3, 0.4) is 0 Å². The number of nitriles is 1. The summed E-state index contributed by atoms with van der Waals surface area (Å²) in [5, 5.41) is 9.34. The van der Waals surface area contributed by atoms with Crippen molar-refractivity contribution in [3.63, 3.8) is 0 Å². The van der Waals surface area contributed by atoms with Crippen molar-refractivity contribution in [2.75, 3.05) is 0 Å². The van der Waals surface area contributed by atoms with Crippen LogP contribution in [-0.2, 0) is 13.0 Å². The summed E-state index contributed by atoms with van der Waals surface area (Å²) < 4.78 is 1.86. The summed E-state index contributed by atoms with van der Waals surface area (Å²) in [6, 6.07) is 7.49. The maximum atomic E-state index is 8.71. The molecule has 0 amide bonds. The Balaban J connectivity index is 2.67. The zero-order valence-electron chi connectivity index (χ0n) is 8.44. The molecule has 0 bridgehead atoms. The number of aromatic nitrogens is 2. The normalized spacial score (nSPS) is 9.94. The first kappa shape index (κ1) is 10.5. The standard InChI is InChI=1S/C12H8ClN3/c1-2-7-16-11-4-3-9(13)8-10(11)15-12(16)5-6-14/h1,3-4,8H,5,7H2. The molecular weight excluding hydrogens is 222 g/mol. The van der Waals surface area contributed by atoms with Crippen molar-refractivity contribution < 1.29 is 0 Å². The van der Waals surface area contributed by atoms with Crippen molar-refractivity contribution in [3.05, 3.63) is 29.0 Å². The van der Waals surface area contributed by atoms with Gasteiger partial charge < -0.3 is 4.57 Å². The van der Waals surface area contributed by atoms with Gasteiger partial charge in [0.1, 0.15) is 5.82 Å². The summed E-state index contributed by atoms with van der Waals surface area (Å²) in [4.78, 5) is 4.34. The summed E-state index contributed by atoms with van der Waals surface area (Å²) in [7, 11) is 0. The van der Waals surface area contributed by atoms with Crippen LogP contribution in [-0.4, -0.2) is 9.55 Å². The van der Waals surface area contributed by atoms with Gasteiger partial charge in [0.05, 0.1) is 30.1 Å². The van der Waals surface area contributed by atoms with Crippen LogP contribution in [0.5, 0.6) is 0 Å². The Morgan fingerprint density at radius 2 is 2.31 bits per heavy atom. The third-order valence-corrected chi connectivity index (χ3v) is 2.51. The number of hydrogen-bond acceptors (Lipinski definition) is 2. The molecule has 0 aliphatic heterocycles. The molecule has 3 nitrogen and oxygen atoms in total. The molecule has 2 rings (SSSR count). The maximum Gasteiger partial charge on any atom is 0.124 e. The number of nitrogens with zero attached hydrogens (tertiary/aromatic N) is 3. The molecule has 0 radical (unpaired) electrons. The topological polar surface area (TPSA) is 41.6 Å². The number of terminal acetylenes is 1. The van der Waals surface area contributed by atoms with E-state index in [1.165, 1.54) is 0 Å². The number of benzene rings is 1. The second-order valence-electron chi connectivity index (χ2n) is 3.29. The highest BCUT2D eigenvalue weighted by Gasteiger charge is 2.09. The van der Waals surface area contributed by atoms with E-state index in [2.05, 4.69) is 17.0 Å². The van der Waals surface area contributed by atoms with Gasteiger partial charge in [-0.3, -0.25) is 0 Å². The van der Waals surface area contributed by atoms with Crippen molar-refractivity contribution in [2.45, 2.75) is 13.0 Å².